The molecule has 3 unspecified atom stereocenters. The molecular formula is C14H21NO4S. The maximum atomic E-state index is 11.5. The minimum atomic E-state index is -3.18. The topological polar surface area (TPSA) is 64.6 Å². The molecule has 2 rings (SSSR count). The Morgan fingerprint density at radius 2 is 2.15 bits per heavy atom. The third-order valence-corrected chi connectivity index (χ3v) is 4.63. The number of ether oxygens (including phenoxy) is 2. The molecule has 1 aliphatic carbocycles. The summed E-state index contributed by atoms with van der Waals surface area (Å²) in [6, 6.07) is 6.98. The lowest BCUT2D eigenvalue weighted by molar-refractivity contribution is -0.118. The summed E-state index contributed by atoms with van der Waals surface area (Å²) in [6.45, 7) is 2.63. The molecule has 0 aromatic heterocycles. The van der Waals surface area contributed by atoms with E-state index in [2.05, 4.69) is 5.32 Å². The van der Waals surface area contributed by atoms with E-state index < -0.39 is 9.84 Å². The van der Waals surface area contributed by atoms with Crippen LogP contribution in [0.5, 0.6) is 0 Å². The van der Waals surface area contributed by atoms with Crippen LogP contribution in [-0.2, 0) is 19.3 Å². The molecule has 0 aliphatic heterocycles. The van der Waals surface area contributed by atoms with Gasteiger partial charge in [0.25, 0.3) is 0 Å². The lowest BCUT2D eigenvalue weighted by Crippen LogP contribution is -2.56. The van der Waals surface area contributed by atoms with Crippen molar-refractivity contribution in [3.63, 3.8) is 0 Å². The minimum Gasteiger partial charge on any atom is -0.379 e. The van der Waals surface area contributed by atoms with Crippen LogP contribution in [0.2, 0.25) is 0 Å². The van der Waals surface area contributed by atoms with Crippen LogP contribution in [0, 0.1) is 0 Å². The molecule has 112 valence electrons. The molecule has 1 saturated carbocycles. The lowest BCUT2D eigenvalue weighted by Gasteiger charge is -2.43. The average Bonchev–Trinajstić information content (AvgIpc) is 2.37. The molecule has 5 nitrogen and oxygen atoms in total. The Bertz CT molecular complexity index is 558. The third-order valence-electron chi connectivity index (χ3n) is 3.52. The van der Waals surface area contributed by atoms with E-state index >= 15 is 0 Å². The Kier molecular flexibility index (Phi) is 4.67. The van der Waals surface area contributed by atoms with Gasteiger partial charge in [-0.05, 0) is 31.5 Å². The molecule has 20 heavy (non-hydrogen) atoms. The van der Waals surface area contributed by atoms with Crippen molar-refractivity contribution in [2.45, 2.75) is 36.5 Å². The van der Waals surface area contributed by atoms with Crippen LogP contribution in [-0.4, -0.2) is 46.6 Å². The zero-order valence-corrected chi connectivity index (χ0v) is 12.8. The van der Waals surface area contributed by atoms with Crippen molar-refractivity contribution in [2.24, 2.45) is 0 Å². The third kappa shape index (κ3) is 3.31. The van der Waals surface area contributed by atoms with Crippen molar-refractivity contribution in [1.29, 1.82) is 0 Å². The number of benzene rings is 1. The molecule has 0 heterocycles. The first-order chi connectivity index (χ1) is 9.45. The van der Waals surface area contributed by atoms with Gasteiger partial charge in [-0.3, -0.25) is 0 Å². The Morgan fingerprint density at radius 1 is 1.40 bits per heavy atom. The van der Waals surface area contributed by atoms with Crippen molar-refractivity contribution >= 4 is 15.5 Å². The number of sulfone groups is 1. The van der Waals surface area contributed by atoms with E-state index in [0.717, 1.165) is 12.1 Å². The van der Waals surface area contributed by atoms with Crippen molar-refractivity contribution in [2.75, 3.05) is 25.3 Å². The molecule has 6 heteroatoms. The van der Waals surface area contributed by atoms with E-state index in [0.29, 0.717) is 11.5 Å². The van der Waals surface area contributed by atoms with Gasteiger partial charge >= 0.3 is 0 Å². The van der Waals surface area contributed by atoms with Gasteiger partial charge in [-0.15, -0.1) is 0 Å². The Hall–Kier alpha value is -1.11. The molecule has 1 aromatic rings. The standard InChI is InChI=1S/C14H21NO4S/c1-4-19-13-9-12(14(13)18-2)15-10-6-5-7-11(8-10)20(3,16)17/h5-8,12-15H,4,9H2,1-3H3. The van der Waals surface area contributed by atoms with Gasteiger partial charge in [0.2, 0.25) is 0 Å². The number of rotatable bonds is 6. The van der Waals surface area contributed by atoms with Gasteiger partial charge < -0.3 is 14.8 Å². The van der Waals surface area contributed by atoms with Gasteiger partial charge in [0, 0.05) is 25.7 Å². The van der Waals surface area contributed by atoms with E-state index in [4.69, 9.17) is 9.47 Å². The summed E-state index contributed by atoms with van der Waals surface area (Å²) in [5.41, 5.74) is 0.787. The van der Waals surface area contributed by atoms with Gasteiger partial charge in [0.1, 0.15) is 6.10 Å². The molecule has 1 fully saturated rings. The van der Waals surface area contributed by atoms with Crippen molar-refractivity contribution < 1.29 is 17.9 Å². The fourth-order valence-corrected chi connectivity index (χ4v) is 3.11. The predicted molar refractivity (Wildman–Crippen MR) is 77.8 cm³/mol. The quantitative estimate of drug-likeness (QED) is 0.866. The predicted octanol–water partition coefficient (Wildman–Crippen LogP) is 1.69. The van der Waals surface area contributed by atoms with Crippen LogP contribution in [0.1, 0.15) is 13.3 Å². The van der Waals surface area contributed by atoms with E-state index in [1.165, 1.54) is 6.26 Å². The number of methoxy groups -OCH3 is 1. The van der Waals surface area contributed by atoms with E-state index in [1.807, 2.05) is 13.0 Å². The van der Waals surface area contributed by atoms with Crippen LogP contribution < -0.4 is 5.32 Å². The number of hydrogen-bond acceptors (Lipinski definition) is 5. The molecule has 0 bridgehead atoms. The van der Waals surface area contributed by atoms with Crippen LogP contribution in [0.4, 0.5) is 5.69 Å². The normalized spacial score (nSPS) is 26.1. The summed E-state index contributed by atoms with van der Waals surface area (Å²) in [5.74, 6) is 0. The molecule has 0 radical (unpaired) electrons. The maximum Gasteiger partial charge on any atom is 0.175 e. The number of nitrogens with one attached hydrogen (secondary N) is 1. The lowest BCUT2D eigenvalue weighted by atomic mass is 9.85. The monoisotopic (exact) mass is 299 g/mol. The Labute approximate surface area is 120 Å². The molecule has 0 saturated heterocycles. The summed E-state index contributed by atoms with van der Waals surface area (Å²) >= 11 is 0. The fraction of sp³-hybridized carbons (Fsp3) is 0.571. The maximum absolute atomic E-state index is 11.5. The molecule has 1 aliphatic rings. The fourth-order valence-electron chi connectivity index (χ4n) is 2.45. The molecule has 3 atom stereocenters. The second-order valence-corrected chi connectivity index (χ2v) is 7.00. The van der Waals surface area contributed by atoms with Crippen LogP contribution in [0.3, 0.4) is 0 Å². The van der Waals surface area contributed by atoms with Crippen LogP contribution >= 0.6 is 0 Å². The Morgan fingerprint density at radius 3 is 2.75 bits per heavy atom. The van der Waals surface area contributed by atoms with Gasteiger partial charge in [-0.2, -0.15) is 0 Å². The zero-order chi connectivity index (χ0) is 14.8. The molecule has 1 N–H and O–H groups in total. The first kappa shape index (κ1) is 15.3. The van der Waals surface area contributed by atoms with E-state index in [1.54, 1.807) is 25.3 Å². The van der Waals surface area contributed by atoms with Crippen LogP contribution in [0.25, 0.3) is 0 Å². The molecule has 1 aromatic carbocycles. The number of hydrogen-bond donors (Lipinski definition) is 1. The molecular weight excluding hydrogens is 278 g/mol. The largest absolute Gasteiger partial charge is 0.379 e. The van der Waals surface area contributed by atoms with Crippen molar-refractivity contribution in [3.05, 3.63) is 24.3 Å². The smallest absolute Gasteiger partial charge is 0.175 e. The SMILES string of the molecule is CCOC1CC(Nc2cccc(S(C)(=O)=O)c2)C1OC. The molecule has 0 amide bonds. The summed E-state index contributed by atoms with van der Waals surface area (Å²) in [7, 11) is -1.52. The van der Waals surface area contributed by atoms with Crippen molar-refractivity contribution in [1.82, 2.24) is 0 Å². The summed E-state index contributed by atoms with van der Waals surface area (Å²) in [6.07, 6.45) is 2.17. The summed E-state index contributed by atoms with van der Waals surface area (Å²) < 4.78 is 34.1. The Balaban J connectivity index is 2.04. The van der Waals surface area contributed by atoms with Gasteiger partial charge in [0.15, 0.2) is 9.84 Å². The summed E-state index contributed by atoms with van der Waals surface area (Å²) in [5, 5.41) is 3.31. The molecule has 0 spiro atoms. The average molecular weight is 299 g/mol. The van der Waals surface area contributed by atoms with Gasteiger partial charge in [-0.25, -0.2) is 8.42 Å². The first-order valence-corrected chi connectivity index (χ1v) is 8.56. The van der Waals surface area contributed by atoms with Gasteiger partial charge in [0.05, 0.1) is 17.0 Å². The highest BCUT2D eigenvalue weighted by Gasteiger charge is 2.42. The highest BCUT2D eigenvalue weighted by Crippen LogP contribution is 2.30. The highest BCUT2D eigenvalue weighted by atomic mass is 32.2. The first-order valence-electron chi connectivity index (χ1n) is 6.66. The van der Waals surface area contributed by atoms with E-state index in [-0.39, 0.29) is 18.2 Å². The zero-order valence-electron chi connectivity index (χ0n) is 12.0. The highest BCUT2D eigenvalue weighted by molar-refractivity contribution is 7.90. The van der Waals surface area contributed by atoms with Gasteiger partial charge in [-0.1, -0.05) is 6.07 Å². The number of anilines is 1. The van der Waals surface area contributed by atoms with Crippen LogP contribution in [0.15, 0.2) is 29.2 Å². The minimum absolute atomic E-state index is 0.00293. The van der Waals surface area contributed by atoms with E-state index in [9.17, 15) is 8.42 Å². The second kappa shape index (κ2) is 6.11. The summed E-state index contributed by atoms with van der Waals surface area (Å²) in [4.78, 5) is 0.317. The van der Waals surface area contributed by atoms with Crippen molar-refractivity contribution in [3.8, 4) is 0 Å². The second-order valence-electron chi connectivity index (χ2n) is 4.98.